The van der Waals surface area contributed by atoms with E-state index in [0.29, 0.717) is 36.0 Å². The van der Waals surface area contributed by atoms with E-state index in [1.807, 2.05) is 6.92 Å². The van der Waals surface area contributed by atoms with Crippen molar-refractivity contribution in [3.05, 3.63) is 16.1 Å². The van der Waals surface area contributed by atoms with Gasteiger partial charge in [0, 0.05) is 48.9 Å². The van der Waals surface area contributed by atoms with Crippen molar-refractivity contribution < 1.29 is 17.9 Å². The Morgan fingerprint density at radius 2 is 2.18 bits per heavy atom. The van der Waals surface area contributed by atoms with Crippen molar-refractivity contribution in [2.75, 3.05) is 19.7 Å². The summed E-state index contributed by atoms with van der Waals surface area (Å²) in [6, 6.07) is 0.372. The smallest absolute Gasteiger partial charge is 0.377 e. The van der Waals surface area contributed by atoms with Crippen LogP contribution in [0.3, 0.4) is 0 Å². The summed E-state index contributed by atoms with van der Waals surface area (Å²) in [5, 5.41) is 8.46. The third-order valence-electron chi connectivity index (χ3n) is 6.36. The number of hydrogen-bond acceptors (Lipinski definition) is 4. The summed E-state index contributed by atoms with van der Waals surface area (Å²) >= 11 is 1.04. The van der Waals surface area contributed by atoms with Crippen molar-refractivity contribution in [3.8, 4) is 0 Å². The number of nitrogens with zero attached hydrogens (tertiary/aromatic N) is 2. The second kappa shape index (κ2) is 7.82. The summed E-state index contributed by atoms with van der Waals surface area (Å²) in [4.78, 5) is 8.29. The van der Waals surface area contributed by atoms with Gasteiger partial charge in [0.15, 0.2) is 11.7 Å². The van der Waals surface area contributed by atoms with Crippen LogP contribution in [0.1, 0.15) is 49.7 Å². The molecule has 3 unspecified atom stereocenters. The van der Waals surface area contributed by atoms with E-state index in [-0.39, 0.29) is 5.41 Å². The summed E-state index contributed by atoms with van der Waals surface area (Å²) in [6.45, 7) is 4.01. The van der Waals surface area contributed by atoms with Gasteiger partial charge in [0.2, 0.25) is 0 Å². The van der Waals surface area contributed by atoms with E-state index < -0.39 is 11.9 Å². The quantitative estimate of drug-likeness (QED) is 0.569. The minimum Gasteiger partial charge on any atom is -0.377 e. The largest absolute Gasteiger partial charge is 0.434 e. The zero-order valence-electron chi connectivity index (χ0n) is 16.0. The third kappa shape index (κ3) is 3.63. The number of halogens is 3. The van der Waals surface area contributed by atoms with Crippen LogP contribution in [-0.2, 0) is 17.3 Å². The van der Waals surface area contributed by atoms with E-state index in [1.54, 1.807) is 0 Å². The Balaban J connectivity index is 1.39. The zero-order valence-corrected chi connectivity index (χ0v) is 16.8. The summed E-state index contributed by atoms with van der Waals surface area (Å²) < 4.78 is 44.1. The highest BCUT2D eigenvalue weighted by Gasteiger charge is 2.65. The van der Waals surface area contributed by atoms with Crippen molar-refractivity contribution in [2.24, 2.45) is 16.3 Å². The molecule has 4 rings (SSSR count). The SMILES string of the molecule is CCNC(=NCCc1nc(C(F)(F)F)cs1)NC1C2CCOC2C12CCCC2. The number of rotatable bonds is 5. The molecule has 2 saturated carbocycles. The molecule has 2 heterocycles. The van der Waals surface area contributed by atoms with E-state index in [4.69, 9.17) is 4.74 Å². The van der Waals surface area contributed by atoms with Gasteiger partial charge >= 0.3 is 6.18 Å². The van der Waals surface area contributed by atoms with Crippen LogP contribution in [0.4, 0.5) is 13.2 Å². The number of alkyl halides is 3. The van der Waals surface area contributed by atoms with Gasteiger partial charge in [-0.1, -0.05) is 12.8 Å². The number of guanidine groups is 1. The average Bonchev–Trinajstić information content (AvgIpc) is 3.37. The lowest BCUT2D eigenvalue weighted by molar-refractivity contribution is -0.140. The molecular weight excluding hydrogens is 389 g/mol. The molecule has 1 spiro atoms. The van der Waals surface area contributed by atoms with Gasteiger partial charge in [-0.15, -0.1) is 11.3 Å². The molecule has 5 nitrogen and oxygen atoms in total. The molecule has 3 fully saturated rings. The molecule has 0 amide bonds. The number of aromatic nitrogens is 1. The molecule has 1 aliphatic heterocycles. The van der Waals surface area contributed by atoms with Crippen molar-refractivity contribution in [2.45, 2.75) is 63.8 Å². The lowest BCUT2D eigenvalue weighted by Gasteiger charge is -2.57. The molecule has 1 saturated heterocycles. The number of aliphatic imine (C=N–C) groups is 1. The Bertz CT molecular complexity index is 714. The normalized spacial score (nSPS) is 29.0. The average molecular weight is 417 g/mol. The highest BCUT2D eigenvalue weighted by atomic mass is 32.1. The monoisotopic (exact) mass is 416 g/mol. The van der Waals surface area contributed by atoms with Gasteiger partial charge in [0.1, 0.15) is 0 Å². The van der Waals surface area contributed by atoms with Crippen molar-refractivity contribution in [3.63, 3.8) is 0 Å². The summed E-state index contributed by atoms with van der Waals surface area (Å²) in [5.41, 5.74) is -0.583. The first-order chi connectivity index (χ1) is 13.4. The predicted molar refractivity (Wildman–Crippen MR) is 102 cm³/mol. The van der Waals surface area contributed by atoms with E-state index >= 15 is 0 Å². The van der Waals surface area contributed by atoms with Crippen LogP contribution in [0.2, 0.25) is 0 Å². The fraction of sp³-hybridized carbons (Fsp3) is 0.789. The van der Waals surface area contributed by atoms with Crippen LogP contribution < -0.4 is 10.6 Å². The molecule has 1 aromatic rings. The third-order valence-corrected chi connectivity index (χ3v) is 7.27. The molecule has 3 aliphatic rings. The Hall–Kier alpha value is -1.35. The predicted octanol–water partition coefficient (Wildman–Crippen LogP) is 3.61. The Morgan fingerprint density at radius 3 is 2.86 bits per heavy atom. The van der Waals surface area contributed by atoms with Crippen molar-refractivity contribution in [1.82, 2.24) is 15.6 Å². The van der Waals surface area contributed by atoms with Gasteiger partial charge in [-0.2, -0.15) is 13.2 Å². The van der Waals surface area contributed by atoms with Crippen LogP contribution in [0, 0.1) is 11.3 Å². The highest BCUT2D eigenvalue weighted by molar-refractivity contribution is 7.09. The molecule has 0 radical (unpaired) electrons. The first-order valence-electron chi connectivity index (χ1n) is 10.1. The summed E-state index contributed by atoms with van der Waals surface area (Å²) in [5.74, 6) is 1.28. The molecule has 156 valence electrons. The minimum absolute atomic E-state index is 0.230. The summed E-state index contributed by atoms with van der Waals surface area (Å²) in [6.07, 6.45) is 2.40. The van der Waals surface area contributed by atoms with E-state index in [1.165, 1.54) is 25.7 Å². The minimum atomic E-state index is -4.38. The molecule has 2 N–H and O–H groups in total. The van der Waals surface area contributed by atoms with Gasteiger partial charge in [-0.25, -0.2) is 4.98 Å². The van der Waals surface area contributed by atoms with E-state index in [2.05, 4.69) is 20.6 Å². The summed E-state index contributed by atoms with van der Waals surface area (Å²) in [7, 11) is 0. The van der Waals surface area contributed by atoms with Gasteiger partial charge in [-0.3, -0.25) is 4.99 Å². The van der Waals surface area contributed by atoms with Crippen LogP contribution >= 0.6 is 11.3 Å². The highest BCUT2D eigenvalue weighted by Crippen LogP contribution is 2.60. The lowest BCUT2D eigenvalue weighted by atomic mass is 9.54. The maximum Gasteiger partial charge on any atom is 0.434 e. The van der Waals surface area contributed by atoms with Gasteiger partial charge in [0.25, 0.3) is 0 Å². The number of ether oxygens (including phenoxy) is 1. The second-order valence-corrected chi connectivity index (χ2v) is 8.88. The maximum absolute atomic E-state index is 12.7. The molecule has 0 aromatic carbocycles. The number of hydrogen-bond donors (Lipinski definition) is 2. The number of fused-ring (bicyclic) bond motifs is 2. The Kier molecular flexibility index (Phi) is 5.57. The zero-order chi connectivity index (χ0) is 19.8. The fourth-order valence-electron chi connectivity index (χ4n) is 5.19. The molecule has 1 aromatic heterocycles. The standard InChI is InChI=1S/C19H27F3N4OS/c1-2-23-17(24-9-5-14-25-13(11-28-14)19(20,21)22)26-15-12-6-10-27-16(12)18(15)7-3-4-8-18/h11-12,15-16H,2-10H2,1H3,(H2,23,24,26). The van der Waals surface area contributed by atoms with E-state index in [0.717, 1.165) is 42.2 Å². The van der Waals surface area contributed by atoms with Crippen LogP contribution in [-0.4, -0.2) is 42.8 Å². The number of thiazole rings is 1. The van der Waals surface area contributed by atoms with Crippen molar-refractivity contribution >= 4 is 17.3 Å². The molecule has 9 heteroatoms. The van der Waals surface area contributed by atoms with Gasteiger partial charge < -0.3 is 15.4 Å². The Labute approximate surface area is 167 Å². The second-order valence-electron chi connectivity index (χ2n) is 7.94. The van der Waals surface area contributed by atoms with Crippen LogP contribution in [0.5, 0.6) is 0 Å². The topological polar surface area (TPSA) is 58.5 Å². The van der Waals surface area contributed by atoms with Crippen LogP contribution in [0.25, 0.3) is 0 Å². The first kappa shape index (κ1) is 19.9. The van der Waals surface area contributed by atoms with Crippen molar-refractivity contribution in [1.29, 1.82) is 0 Å². The molecule has 0 bridgehead atoms. The lowest BCUT2D eigenvalue weighted by Crippen LogP contribution is -2.69. The Morgan fingerprint density at radius 1 is 1.39 bits per heavy atom. The fourth-order valence-corrected chi connectivity index (χ4v) is 5.98. The molecular formula is C19H27F3N4OS. The molecule has 3 atom stereocenters. The van der Waals surface area contributed by atoms with Gasteiger partial charge in [-0.05, 0) is 26.2 Å². The maximum atomic E-state index is 12.7. The van der Waals surface area contributed by atoms with Crippen LogP contribution in [0.15, 0.2) is 10.4 Å². The van der Waals surface area contributed by atoms with E-state index in [9.17, 15) is 13.2 Å². The number of nitrogens with one attached hydrogen (secondary N) is 2. The molecule has 28 heavy (non-hydrogen) atoms. The van der Waals surface area contributed by atoms with Gasteiger partial charge in [0.05, 0.1) is 11.1 Å². The molecule has 2 aliphatic carbocycles. The first-order valence-corrected chi connectivity index (χ1v) is 11.0.